The van der Waals surface area contributed by atoms with Crippen LogP contribution in [0.2, 0.25) is 0 Å². The number of carbonyl (C=O) groups excluding carboxylic acids is 1. The van der Waals surface area contributed by atoms with Gasteiger partial charge in [0.1, 0.15) is 24.0 Å². The lowest BCUT2D eigenvalue weighted by molar-refractivity contribution is -0.132. The largest absolute Gasteiger partial charge is 0.491 e. The van der Waals surface area contributed by atoms with E-state index in [0.717, 1.165) is 43.7 Å². The molecule has 1 aromatic heterocycles. The monoisotopic (exact) mass is 403 g/mol. The molecule has 1 atom stereocenters. The minimum atomic E-state index is -0.578. The Morgan fingerprint density at radius 2 is 2.03 bits per heavy atom. The maximum absolute atomic E-state index is 12.7. The van der Waals surface area contributed by atoms with E-state index in [1.165, 1.54) is 0 Å². The first-order valence-electron chi connectivity index (χ1n) is 10.5. The molecule has 0 saturated carbocycles. The van der Waals surface area contributed by atoms with Crippen LogP contribution in [-0.2, 0) is 11.2 Å². The fraction of sp³-hybridized carbons (Fsp3) is 0.591. The van der Waals surface area contributed by atoms with Crippen molar-refractivity contribution in [3.05, 3.63) is 30.0 Å². The van der Waals surface area contributed by atoms with E-state index in [1.807, 2.05) is 36.9 Å². The normalized spacial score (nSPS) is 16.5. The van der Waals surface area contributed by atoms with E-state index in [9.17, 15) is 9.90 Å². The highest BCUT2D eigenvalue weighted by atomic mass is 16.5. The zero-order valence-electron chi connectivity index (χ0n) is 17.7. The Labute approximate surface area is 172 Å². The van der Waals surface area contributed by atoms with Crippen molar-refractivity contribution in [2.75, 3.05) is 45.9 Å². The van der Waals surface area contributed by atoms with E-state index in [4.69, 9.17) is 9.15 Å². The molecule has 1 aliphatic rings. The van der Waals surface area contributed by atoms with Crippen molar-refractivity contribution in [3.8, 4) is 5.75 Å². The molecule has 0 bridgehead atoms. The number of benzene rings is 1. The third-order valence-corrected chi connectivity index (χ3v) is 5.35. The summed E-state index contributed by atoms with van der Waals surface area (Å²) in [6.07, 6.45) is 1.43. The smallest absolute Gasteiger partial charge is 0.227 e. The number of furan rings is 1. The topological polar surface area (TPSA) is 78.2 Å². The predicted molar refractivity (Wildman–Crippen MR) is 113 cm³/mol. The average molecular weight is 404 g/mol. The van der Waals surface area contributed by atoms with Crippen LogP contribution in [0.3, 0.4) is 0 Å². The maximum Gasteiger partial charge on any atom is 0.227 e. The molecule has 2 heterocycles. The molecule has 1 aliphatic heterocycles. The summed E-state index contributed by atoms with van der Waals surface area (Å²) in [5.41, 5.74) is 1.59. The van der Waals surface area contributed by atoms with Crippen LogP contribution in [0.1, 0.15) is 26.3 Å². The zero-order valence-corrected chi connectivity index (χ0v) is 17.7. The molecule has 0 aliphatic carbocycles. The molecule has 160 valence electrons. The molecule has 1 amide bonds. The summed E-state index contributed by atoms with van der Waals surface area (Å²) in [5, 5.41) is 14.1. The lowest BCUT2D eigenvalue weighted by Crippen LogP contribution is -2.48. The summed E-state index contributed by atoms with van der Waals surface area (Å²) < 4.78 is 11.3. The molecule has 3 rings (SSSR count). The fourth-order valence-corrected chi connectivity index (χ4v) is 3.50. The van der Waals surface area contributed by atoms with Crippen LogP contribution < -0.4 is 10.1 Å². The Morgan fingerprint density at radius 1 is 1.28 bits per heavy atom. The Bertz CT molecular complexity index is 796. The summed E-state index contributed by atoms with van der Waals surface area (Å²) in [5.74, 6) is 0.786. The van der Waals surface area contributed by atoms with Gasteiger partial charge >= 0.3 is 0 Å². The van der Waals surface area contributed by atoms with E-state index < -0.39 is 6.10 Å². The molecular formula is C22H33N3O4. The first kappa shape index (κ1) is 21.6. The number of nitrogens with zero attached hydrogens (tertiary/aromatic N) is 2. The van der Waals surface area contributed by atoms with E-state index in [0.29, 0.717) is 30.3 Å². The van der Waals surface area contributed by atoms with Crippen LogP contribution in [0.4, 0.5) is 0 Å². The quantitative estimate of drug-likeness (QED) is 0.666. The van der Waals surface area contributed by atoms with E-state index in [-0.39, 0.29) is 12.5 Å². The average Bonchev–Trinajstić information content (AvgIpc) is 3.12. The molecule has 0 spiro atoms. The van der Waals surface area contributed by atoms with Crippen molar-refractivity contribution in [3.63, 3.8) is 0 Å². The van der Waals surface area contributed by atoms with Crippen LogP contribution in [0.5, 0.6) is 5.75 Å². The Kier molecular flexibility index (Phi) is 7.52. The van der Waals surface area contributed by atoms with Gasteiger partial charge in [-0.25, -0.2) is 0 Å². The summed E-state index contributed by atoms with van der Waals surface area (Å²) in [6.45, 7) is 11.4. The number of ether oxygens (including phenoxy) is 1. The van der Waals surface area contributed by atoms with Crippen molar-refractivity contribution < 1.29 is 19.1 Å². The predicted octanol–water partition coefficient (Wildman–Crippen LogP) is 1.88. The highest BCUT2D eigenvalue weighted by molar-refractivity contribution is 5.88. The summed E-state index contributed by atoms with van der Waals surface area (Å²) >= 11 is 0. The van der Waals surface area contributed by atoms with Crippen LogP contribution >= 0.6 is 0 Å². The second kappa shape index (κ2) is 10.1. The van der Waals surface area contributed by atoms with Gasteiger partial charge in [0.15, 0.2) is 0 Å². The van der Waals surface area contributed by atoms with Gasteiger partial charge in [0.05, 0.1) is 12.7 Å². The summed E-state index contributed by atoms with van der Waals surface area (Å²) in [6, 6.07) is 5.91. The van der Waals surface area contributed by atoms with Gasteiger partial charge in [-0.05, 0) is 18.7 Å². The van der Waals surface area contributed by atoms with Gasteiger partial charge in [0.25, 0.3) is 0 Å². The number of aliphatic hydroxyl groups is 1. The molecule has 29 heavy (non-hydrogen) atoms. The van der Waals surface area contributed by atoms with Crippen LogP contribution in [0.25, 0.3) is 11.0 Å². The van der Waals surface area contributed by atoms with E-state index in [1.54, 1.807) is 6.26 Å². The molecule has 2 aromatic rings. The van der Waals surface area contributed by atoms with E-state index in [2.05, 4.69) is 17.1 Å². The van der Waals surface area contributed by atoms with Gasteiger partial charge in [-0.1, -0.05) is 20.8 Å². The molecule has 2 N–H and O–H groups in total. The number of piperazine rings is 1. The minimum Gasteiger partial charge on any atom is -0.491 e. The van der Waals surface area contributed by atoms with Crippen LogP contribution in [0, 0.1) is 0 Å². The Morgan fingerprint density at radius 3 is 2.72 bits per heavy atom. The van der Waals surface area contributed by atoms with Gasteiger partial charge < -0.3 is 29.4 Å². The van der Waals surface area contributed by atoms with Crippen molar-refractivity contribution in [2.24, 2.45) is 0 Å². The van der Waals surface area contributed by atoms with Crippen LogP contribution in [0.15, 0.2) is 28.9 Å². The molecule has 1 aromatic carbocycles. The second-order valence-corrected chi connectivity index (χ2v) is 7.94. The van der Waals surface area contributed by atoms with Gasteiger partial charge in [-0.3, -0.25) is 4.79 Å². The van der Waals surface area contributed by atoms with Crippen molar-refractivity contribution in [1.29, 1.82) is 0 Å². The molecular weight excluding hydrogens is 370 g/mol. The zero-order chi connectivity index (χ0) is 20.8. The summed E-state index contributed by atoms with van der Waals surface area (Å²) in [4.78, 5) is 17.0. The molecule has 1 unspecified atom stereocenters. The maximum atomic E-state index is 12.7. The second-order valence-electron chi connectivity index (χ2n) is 7.94. The number of hydrogen-bond acceptors (Lipinski definition) is 6. The number of nitrogens with one attached hydrogen (secondary N) is 1. The molecule has 7 nitrogen and oxygen atoms in total. The lowest BCUT2D eigenvalue weighted by atomic mass is 10.1. The first-order valence-corrected chi connectivity index (χ1v) is 10.5. The van der Waals surface area contributed by atoms with Gasteiger partial charge in [-0.2, -0.15) is 0 Å². The SMILES string of the molecule is CCN1CCN(C(=O)Cc2coc3cc(OCC(O)CNC(C)C)ccc23)CC1. The minimum absolute atomic E-state index is 0.143. The highest BCUT2D eigenvalue weighted by Gasteiger charge is 2.21. The summed E-state index contributed by atoms with van der Waals surface area (Å²) in [7, 11) is 0. The van der Waals surface area contributed by atoms with Crippen molar-refractivity contribution >= 4 is 16.9 Å². The standard InChI is InChI=1S/C22H33N3O4/c1-4-24-7-9-25(10-8-24)22(27)11-17-14-29-21-12-19(5-6-20(17)21)28-15-18(26)13-23-16(2)3/h5-6,12,14,16,18,23,26H,4,7-11,13,15H2,1-3H3. The molecule has 1 fully saturated rings. The third-order valence-electron chi connectivity index (χ3n) is 5.35. The number of hydrogen-bond donors (Lipinski definition) is 2. The number of aliphatic hydroxyl groups excluding tert-OH is 1. The number of carbonyl (C=O) groups is 1. The number of amides is 1. The van der Waals surface area contributed by atoms with Crippen LogP contribution in [-0.4, -0.2) is 78.8 Å². The fourth-order valence-electron chi connectivity index (χ4n) is 3.50. The number of fused-ring (bicyclic) bond motifs is 1. The van der Waals surface area contributed by atoms with Gasteiger partial charge in [0.2, 0.25) is 5.91 Å². The third kappa shape index (κ3) is 5.95. The van der Waals surface area contributed by atoms with Gasteiger partial charge in [0, 0.05) is 55.8 Å². The number of rotatable bonds is 9. The van der Waals surface area contributed by atoms with E-state index >= 15 is 0 Å². The first-order chi connectivity index (χ1) is 14.0. The molecule has 7 heteroatoms. The van der Waals surface area contributed by atoms with Gasteiger partial charge in [-0.15, -0.1) is 0 Å². The number of likely N-dealkylation sites (N-methyl/N-ethyl adjacent to an activating group) is 1. The Balaban J connectivity index is 1.55. The van der Waals surface area contributed by atoms with Crippen molar-refractivity contribution in [2.45, 2.75) is 39.3 Å². The highest BCUT2D eigenvalue weighted by Crippen LogP contribution is 2.26. The Hall–Kier alpha value is -2.09. The molecule has 1 saturated heterocycles. The van der Waals surface area contributed by atoms with Crippen molar-refractivity contribution in [1.82, 2.24) is 15.1 Å². The molecule has 0 radical (unpaired) electrons. The lowest BCUT2D eigenvalue weighted by Gasteiger charge is -2.34.